The minimum absolute atomic E-state index is 0.670. The first-order valence-electron chi connectivity index (χ1n) is 4.10. The molecule has 0 radical (unpaired) electrons. The van der Waals surface area contributed by atoms with E-state index < -0.39 is 0 Å². The van der Waals surface area contributed by atoms with Gasteiger partial charge in [0.25, 0.3) is 0 Å². The molecule has 2 N–H and O–H groups in total. The van der Waals surface area contributed by atoms with Crippen molar-refractivity contribution in [3.63, 3.8) is 0 Å². The Kier molecular flexibility index (Phi) is 2.25. The average Bonchev–Trinajstić information content (AvgIpc) is 2.57. The minimum atomic E-state index is 0.670. The van der Waals surface area contributed by atoms with Gasteiger partial charge in [-0.1, -0.05) is 0 Å². The Morgan fingerprint density at radius 1 is 1.43 bits per heavy atom. The second-order valence-electron chi connectivity index (χ2n) is 2.91. The SMILES string of the molecule is Cc1nccn1-c1cc(N)c(Br)cn1. The van der Waals surface area contributed by atoms with Crippen LogP contribution in [0.4, 0.5) is 5.69 Å². The molecule has 0 bridgehead atoms. The summed E-state index contributed by atoms with van der Waals surface area (Å²) in [5, 5.41) is 0. The summed E-state index contributed by atoms with van der Waals surface area (Å²) in [7, 11) is 0. The van der Waals surface area contributed by atoms with E-state index in [0.717, 1.165) is 16.1 Å². The highest BCUT2D eigenvalue weighted by molar-refractivity contribution is 9.10. The fourth-order valence-corrected chi connectivity index (χ4v) is 1.41. The van der Waals surface area contributed by atoms with Gasteiger partial charge in [-0.05, 0) is 22.9 Å². The first kappa shape index (κ1) is 9.21. The summed E-state index contributed by atoms with van der Waals surface area (Å²) in [5.41, 5.74) is 6.43. The molecule has 0 saturated heterocycles. The highest BCUT2D eigenvalue weighted by Gasteiger charge is 2.03. The van der Waals surface area contributed by atoms with Crippen LogP contribution in [-0.4, -0.2) is 14.5 Å². The fourth-order valence-electron chi connectivity index (χ4n) is 1.19. The predicted molar refractivity (Wildman–Crippen MR) is 58.2 cm³/mol. The molecule has 0 aliphatic rings. The molecule has 5 heteroatoms. The van der Waals surface area contributed by atoms with Gasteiger partial charge in [0.15, 0.2) is 0 Å². The maximum atomic E-state index is 5.76. The second-order valence-corrected chi connectivity index (χ2v) is 3.76. The molecular weight excluding hydrogens is 244 g/mol. The number of aryl methyl sites for hydroxylation is 1. The van der Waals surface area contributed by atoms with Crippen LogP contribution < -0.4 is 5.73 Å². The van der Waals surface area contributed by atoms with Crippen LogP contribution >= 0.6 is 15.9 Å². The summed E-state index contributed by atoms with van der Waals surface area (Å²) in [6.07, 6.45) is 5.27. The van der Waals surface area contributed by atoms with Crippen molar-refractivity contribution in [3.8, 4) is 5.82 Å². The molecule has 0 saturated carbocycles. The third-order valence-electron chi connectivity index (χ3n) is 1.94. The van der Waals surface area contributed by atoms with Crippen molar-refractivity contribution >= 4 is 21.6 Å². The summed E-state index contributed by atoms with van der Waals surface area (Å²) in [6.45, 7) is 1.92. The van der Waals surface area contributed by atoms with E-state index in [-0.39, 0.29) is 0 Å². The topological polar surface area (TPSA) is 56.7 Å². The van der Waals surface area contributed by atoms with Crippen LogP contribution in [0, 0.1) is 6.92 Å². The Bertz CT molecular complexity index is 464. The fraction of sp³-hybridized carbons (Fsp3) is 0.111. The van der Waals surface area contributed by atoms with Crippen molar-refractivity contribution in [2.75, 3.05) is 5.73 Å². The lowest BCUT2D eigenvalue weighted by Gasteiger charge is -2.05. The van der Waals surface area contributed by atoms with Crippen molar-refractivity contribution in [2.45, 2.75) is 6.92 Å². The second kappa shape index (κ2) is 3.42. The van der Waals surface area contributed by atoms with Crippen LogP contribution in [0.15, 0.2) is 29.1 Å². The zero-order valence-corrected chi connectivity index (χ0v) is 9.19. The summed E-state index contributed by atoms with van der Waals surface area (Å²) in [5.74, 6) is 1.67. The third kappa shape index (κ3) is 1.50. The molecule has 0 unspecified atom stereocenters. The zero-order chi connectivity index (χ0) is 10.1. The number of hydrogen-bond acceptors (Lipinski definition) is 3. The van der Waals surface area contributed by atoms with Gasteiger partial charge in [0.05, 0.1) is 10.2 Å². The van der Waals surface area contributed by atoms with Gasteiger partial charge in [0, 0.05) is 24.7 Å². The maximum absolute atomic E-state index is 5.76. The first-order valence-corrected chi connectivity index (χ1v) is 4.89. The highest BCUT2D eigenvalue weighted by atomic mass is 79.9. The molecule has 0 spiro atoms. The molecule has 4 nitrogen and oxygen atoms in total. The molecule has 2 heterocycles. The molecule has 0 amide bonds. The molecule has 2 rings (SSSR count). The van der Waals surface area contributed by atoms with Crippen LogP contribution in [0.2, 0.25) is 0 Å². The molecule has 0 aliphatic heterocycles. The van der Waals surface area contributed by atoms with Crippen molar-refractivity contribution < 1.29 is 0 Å². The number of halogens is 1. The average molecular weight is 253 g/mol. The number of anilines is 1. The summed E-state index contributed by atoms with van der Waals surface area (Å²) < 4.78 is 2.68. The number of nitrogens with zero attached hydrogens (tertiary/aromatic N) is 3. The van der Waals surface area contributed by atoms with E-state index >= 15 is 0 Å². The summed E-state index contributed by atoms with van der Waals surface area (Å²) in [4.78, 5) is 8.35. The summed E-state index contributed by atoms with van der Waals surface area (Å²) >= 11 is 3.30. The van der Waals surface area contributed by atoms with Gasteiger partial charge in [-0.25, -0.2) is 9.97 Å². The highest BCUT2D eigenvalue weighted by Crippen LogP contribution is 2.20. The van der Waals surface area contributed by atoms with Crippen LogP contribution in [0.3, 0.4) is 0 Å². The van der Waals surface area contributed by atoms with Gasteiger partial charge in [-0.2, -0.15) is 0 Å². The largest absolute Gasteiger partial charge is 0.398 e. The van der Waals surface area contributed by atoms with Gasteiger partial charge >= 0.3 is 0 Å². The molecule has 0 aliphatic carbocycles. The van der Waals surface area contributed by atoms with E-state index in [1.54, 1.807) is 18.5 Å². The normalized spacial score (nSPS) is 10.4. The Labute approximate surface area is 89.9 Å². The predicted octanol–water partition coefficient (Wildman–Crippen LogP) is 1.92. The van der Waals surface area contributed by atoms with Crippen molar-refractivity contribution in [1.29, 1.82) is 0 Å². The van der Waals surface area contributed by atoms with Gasteiger partial charge < -0.3 is 5.73 Å². The van der Waals surface area contributed by atoms with Gasteiger partial charge in [0.1, 0.15) is 11.6 Å². The monoisotopic (exact) mass is 252 g/mol. The summed E-state index contributed by atoms with van der Waals surface area (Å²) in [6, 6.07) is 1.80. The Morgan fingerprint density at radius 3 is 2.79 bits per heavy atom. The number of hydrogen-bond donors (Lipinski definition) is 1. The lowest BCUT2D eigenvalue weighted by Crippen LogP contribution is -2.00. The Morgan fingerprint density at radius 2 is 2.21 bits per heavy atom. The minimum Gasteiger partial charge on any atom is -0.398 e. The van der Waals surface area contributed by atoms with Crippen molar-refractivity contribution in [3.05, 3.63) is 35.0 Å². The van der Waals surface area contributed by atoms with Crippen molar-refractivity contribution in [1.82, 2.24) is 14.5 Å². The molecule has 72 valence electrons. The number of imidazole rings is 1. The number of rotatable bonds is 1. The molecule has 0 fully saturated rings. The third-order valence-corrected chi connectivity index (χ3v) is 2.61. The lowest BCUT2D eigenvalue weighted by molar-refractivity contribution is 0.932. The molecule has 2 aromatic heterocycles. The van der Waals surface area contributed by atoms with Crippen molar-refractivity contribution in [2.24, 2.45) is 0 Å². The van der Waals surface area contributed by atoms with Crippen LogP contribution in [0.5, 0.6) is 0 Å². The molecular formula is C9H9BrN4. The zero-order valence-electron chi connectivity index (χ0n) is 7.61. The molecule has 0 atom stereocenters. The van der Waals surface area contributed by atoms with Crippen LogP contribution in [-0.2, 0) is 0 Å². The van der Waals surface area contributed by atoms with E-state index in [0.29, 0.717) is 5.69 Å². The molecule has 2 aromatic rings. The van der Waals surface area contributed by atoms with E-state index in [4.69, 9.17) is 5.73 Å². The standard InChI is InChI=1S/C9H9BrN4/c1-6-12-2-3-14(6)9-4-8(11)7(10)5-13-9/h2-5H,1H3,(H2,11,13). The number of pyridine rings is 1. The van der Waals surface area contributed by atoms with E-state index in [9.17, 15) is 0 Å². The maximum Gasteiger partial charge on any atom is 0.140 e. The van der Waals surface area contributed by atoms with Gasteiger partial charge in [-0.15, -0.1) is 0 Å². The van der Waals surface area contributed by atoms with Crippen LogP contribution in [0.1, 0.15) is 5.82 Å². The van der Waals surface area contributed by atoms with Crippen LogP contribution in [0.25, 0.3) is 5.82 Å². The molecule has 14 heavy (non-hydrogen) atoms. The number of aromatic nitrogens is 3. The smallest absolute Gasteiger partial charge is 0.140 e. The van der Waals surface area contributed by atoms with E-state index in [2.05, 4.69) is 25.9 Å². The molecule has 0 aromatic carbocycles. The number of nitrogen functional groups attached to an aromatic ring is 1. The lowest BCUT2D eigenvalue weighted by atomic mass is 10.4. The first-order chi connectivity index (χ1) is 6.68. The van der Waals surface area contributed by atoms with E-state index in [1.807, 2.05) is 17.7 Å². The Hall–Kier alpha value is -1.36. The Balaban J connectivity index is 2.53. The van der Waals surface area contributed by atoms with E-state index in [1.165, 1.54) is 0 Å². The van der Waals surface area contributed by atoms with Gasteiger partial charge in [0.2, 0.25) is 0 Å². The van der Waals surface area contributed by atoms with Gasteiger partial charge in [-0.3, -0.25) is 4.57 Å². The quantitative estimate of drug-likeness (QED) is 0.844. The number of nitrogens with two attached hydrogens (primary N) is 1.